The highest BCUT2D eigenvalue weighted by Gasteiger charge is 2.15. The zero-order chi connectivity index (χ0) is 9.97. The minimum absolute atomic E-state index is 0.0286. The predicted molar refractivity (Wildman–Crippen MR) is 54.5 cm³/mol. The maximum absolute atomic E-state index is 9.13. The second kappa shape index (κ2) is 3.98. The van der Waals surface area contributed by atoms with Gasteiger partial charge in [0.25, 0.3) is 0 Å². The Morgan fingerprint density at radius 1 is 1.57 bits per heavy atom. The summed E-state index contributed by atoms with van der Waals surface area (Å²) in [6, 6.07) is 6.12. The first-order chi connectivity index (χ1) is 6.85. The lowest BCUT2D eigenvalue weighted by atomic mass is 10.0. The molecule has 0 amide bonds. The second-order valence-corrected chi connectivity index (χ2v) is 3.49. The Morgan fingerprint density at radius 2 is 2.43 bits per heavy atom. The van der Waals surface area contributed by atoms with Gasteiger partial charge in [-0.05, 0) is 24.2 Å². The minimum atomic E-state index is 0.0286. The zero-order valence-electron chi connectivity index (χ0n) is 8.29. The van der Waals surface area contributed by atoms with Gasteiger partial charge >= 0.3 is 0 Å². The molecule has 0 aliphatic carbocycles. The van der Waals surface area contributed by atoms with E-state index < -0.39 is 0 Å². The van der Waals surface area contributed by atoms with Gasteiger partial charge in [-0.2, -0.15) is 0 Å². The van der Waals surface area contributed by atoms with E-state index in [2.05, 4.69) is 11.4 Å². The summed E-state index contributed by atoms with van der Waals surface area (Å²) in [5.41, 5.74) is 2.37. The molecule has 0 saturated heterocycles. The highest BCUT2D eigenvalue weighted by Crippen LogP contribution is 2.27. The number of hydrogen-bond donors (Lipinski definition) is 2. The van der Waals surface area contributed by atoms with Gasteiger partial charge in [0, 0.05) is 6.42 Å². The molecule has 1 heterocycles. The first-order valence-corrected chi connectivity index (χ1v) is 4.89. The van der Waals surface area contributed by atoms with Crippen molar-refractivity contribution in [2.45, 2.75) is 12.5 Å². The van der Waals surface area contributed by atoms with E-state index >= 15 is 0 Å². The van der Waals surface area contributed by atoms with Crippen molar-refractivity contribution in [3.8, 4) is 5.75 Å². The van der Waals surface area contributed by atoms with Crippen LogP contribution in [0.15, 0.2) is 18.2 Å². The van der Waals surface area contributed by atoms with E-state index in [-0.39, 0.29) is 12.6 Å². The van der Waals surface area contributed by atoms with Crippen molar-refractivity contribution < 1.29 is 9.84 Å². The maximum Gasteiger partial charge on any atom is 0.122 e. The molecule has 0 fully saturated rings. The summed E-state index contributed by atoms with van der Waals surface area (Å²) in [5.74, 6) is 0.988. The summed E-state index contributed by atoms with van der Waals surface area (Å²) in [7, 11) is 1.85. The molecule has 0 saturated carbocycles. The van der Waals surface area contributed by atoms with Crippen LogP contribution in [-0.4, -0.2) is 25.4 Å². The summed E-state index contributed by atoms with van der Waals surface area (Å²) in [6.45, 7) is 0.901. The number of hydrogen-bond acceptors (Lipinski definition) is 3. The van der Waals surface area contributed by atoms with Crippen LogP contribution in [0.1, 0.15) is 17.2 Å². The van der Waals surface area contributed by atoms with E-state index in [1.165, 1.54) is 5.56 Å². The van der Waals surface area contributed by atoms with Crippen LogP contribution in [0.5, 0.6) is 5.75 Å². The van der Waals surface area contributed by atoms with E-state index in [1.54, 1.807) is 0 Å². The Balaban J connectivity index is 2.27. The van der Waals surface area contributed by atoms with Crippen molar-refractivity contribution in [2.24, 2.45) is 0 Å². The molecule has 76 valence electrons. The minimum Gasteiger partial charge on any atom is -0.493 e. The van der Waals surface area contributed by atoms with Crippen molar-refractivity contribution in [1.82, 2.24) is 5.32 Å². The number of nitrogens with one attached hydrogen (secondary N) is 1. The summed E-state index contributed by atoms with van der Waals surface area (Å²) >= 11 is 0. The lowest BCUT2D eigenvalue weighted by Crippen LogP contribution is -2.19. The fourth-order valence-electron chi connectivity index (χ4n) is 1.79. The number of rotatable bonds is 3. The first-order valence-electron chi connectivity index (χ1n) is 4.89. The molecule has 1 aromatic rings. The normalized spacial score (nSPS) is 16.1. The lowest BCUT2D eigenvalue weighted by Gasteiger charge is -2.14. The molecule has 1 aromatic carbocycles. The van der Waals surface area contributed by atoms with E-state index in [1.807, 2.05) is 19.2 Å². The third-order valence-electron chi connectivity index (χ3n) is 2.65. The van der Waals surface area contributed by atoms with Gasteiger partial charge in [0.2, 0.25) is 0 Å². The highest BCUT2D eigenvalue weighted by molar-refractivity contribution is 5.40. The van der Waals surface area contributed by atoms with Crippen LogP contribution in [0, 0.1) is 0 Å². The Labute approximate surface area is 83.7 Å². The van der Waals surface area contributed by atoms with Crippen LogP contribution in [-0.2, 0) is 6.42 Å². The fraction of sp³-hybridized carbons (Fsp3) is 0.455. The molecule has 2 rings (SSSR count). The van der Waals surface area contributed by atoms with Crippen molar-refractivity contribution in [3.05, 3.63) is 29.3 Å². The third-order valence-corrected chi connectivity index (χ3v) is 2.65. The zero-order valence-corrected chi connectivity index (χ0v) is 8.29. The molecule has 14 heavy (non-hydrogen) atoms. The van der Waals surface area contributed by atoms with Crippen molar-refractivity contribution in [2.75, 3.05) is 20.3 Å². The molecule has 1 atom stereocenters. The number of ether oxygens (including phenoxy) is 1. The quantitative estimate of drug-likeness (QED) is 0.748. The number of aliphatic hydroxyl groups excluding tert-OH is 1. The molecule has 1 aliphatic rings. The van der Waals surface area contributed by atoms with Crippen LogP contribution < -0.4 is 10.1 Å². The third kappa shape index (κ3) is 1.61. The van der Waals surface area contributed by atoms with Crippen molar-refractivity contribution >= 4 is 0 Å². The predicted octanol–water partition coefficient (Wildman–Crippen LogP) is 0.874. The molecule has 3 heteroatoms. The second-order valence-electron chi connectivity index (χ2n) is 3.49. The summed E-state index contributed by atoms with van der Waals surface area (Å²) in [4.78, 5) is 0. The van der Waals surface area contributed by atoms with Gasteiger partial charge in [0.1, 0.15) is 5.75 Å². The molecule has 0 spiro atoms. The van der Waals surface area contributed by atoms with Gasteiger partial charge in [-0.3, -0.25) is 0 Å². The lowest BCUT2D eigenvalue weighted by molar-refractivity contribution is 0.251. The average molecular weight is 193 g/mol. The number of fused-ring (bicyclic) bond motifs is 1. The molecule has 1 aliphatic heterocycles. The number of aliphatic hydroxyl groups is 1. The molecule has 2 N–H and O–H groups in total. The Bertz CT molecular complexity index is 321. The molecule has 3 nitrogen and oxygen atoms in total. The maximum atomic E-state index is 9.13. The summed E-state index contributed by atoms with van der Waals surface area (Å²) < 4.78 is 5.42. The number of likely N-dealkylation sites (N-methyl/N-ethyl adjacent to an activating group) is 1. The van der Waals surface area contributed by atoms with E-state index in [4.69, 9.17) is 9.84 Å². The average Bonchev–Trinajstić information content (AvgIpc) is 2.66. The van der Waals surface area contributed by atoms with Gasteiger partial charge in [0.15, 0.2) is 0 Å². The van der Waals surface area contributed by atoms with Gasteiger partial charge in [-0.15, -0.1) is 0 Å². The van der Waals surface area contributed by atoms with Crippen LogP contribution in [0.3, 0.4) is 0 Å². The van der Waals surface area contributed by atoms with Gasteiger partial charge < -0.3 is 15.2 Å². The van der Waals surface area contributed by atoms with E-state index in [0.29, 0.717) is 0 Å². The molecular weight excluding hydrogens is 178 g/mol. The Morgan fingerprint density at radius 3 is 3.14 bits per heavy atom. The monoisotopic (exact) mass is 193 g/mol. The van der Waals surface area contributed by atoms with Gasteiger partial charge in [-0.1, -0.05) is 12.1 Å². The van der Waals surface area contributed by atoms with Crippen molar-refractivity contribution in [3.63, 3.8) is 0 Å². The largest absolute Gasteiger partial charge is 0.493 e. The summed E-state index contributed by atoms with van der Waals surface area (Å²) in [5, 5.41) is 12.2. The summed E-state index contributed by atoms with van der Waals surface area (Å²) in [6.07, 6.45) is 0.977. The van der Waals surface area contributed by atoms with Gasteiger partial charge in [0.05, 0.1) is 19.3 Å². The van der Waals surface area contributed by atoms with Crippen molar-refractivity contribution in [1.29, 1.82) is 0 Å². The Kier molecular flexibility index (Phi) is 2.70. The van der Waals surface area contributed by atoms with Crippen LogP contribution >= 0.6 is 0 Å². The number of benzene rings is 1. The molecule has 0 aromatic heterocycles. The van der Waals surface area contributed by atoms with Gasteiger partial charge in [-0.25, -0.2) is 0 Å². The molecule has 0 radical (unpaired) electrons. The van der Waals surface area contributed by atoms with Crippen LogP contribution in [0.25, 0.3) is 0 Å². The molecular formula is C11H15NO2. The fourth-order valence-corrected chi connectivity index (χ4v) is 1.79. The standard InChI is InChI=1S/C11H15NO2/c1-12-10(7-13)8-2-3-11-9(6-8)4-5-14-11/h2-3,6,10,12-13H,4-5,7H2,1H3/t10-/m0/s1. The topological polar surface area (TPSA) is 41.5 Å². The van der Waals surface area contributed by atoms with E-state index in [9.17, 15) is 0 Å². The highest BCUT2D eigenvalue weighted by atomic mass is 16.5. The molecule has 0 unspecified atom stereocenters. The smallest absolute Gasteiger partial charge is 0.122 e. The van der Waals surface area contributed by atoms with E-state index in [0.717, 1.165) is 24.3 Å². The van der Waals surface area contributed by atoms with Crippen LogP contribution in [0.2, 0.25) is 0 Å². The molecule has 0 bridgehead atoms. The van der Waals surface area contributed by atoms with Crippen LogP contribution in [0.4, 0.5) is 0 Å². The SMILES string of the molecule is CN[C@@H](CO)c1ccc2c(c1)CCO2. The Hall–Kier alpha value is -1.06. The first kappa shape index (κ1) is 9.49.